The fourth-order valence-corrected chi connectivity index (χ4v) is 3.18. The molecule has 0 fully saturated rings. The average Bonchev–Trinajstić information content (AvgIpc) is 2.95. The number of hydrogen-bond acceptors (Lipinski definition) is 4. The maximum absolute atomic E-state index is 12.6. The van der Waals surface area contributed by atoms with Gasteiger partial charge in [0.2, 0.25) is 0 Å². The molecule has 134 valence electrons. The molecule has 2 aromatic carbocycles. The van der Waals surface area contributed by atoms with Gasteiger partial charge in [-0.3, -0.25) is 4.79 Å². The van der Waals surface area contributed by atoms with Crippen LogP contribution in [0.25, 0.3) is 0 Å². The Bertz CT molecular complexity index is 809. The number of benzene rings is 2. The molecule has 0 spiro atoms. The third-order valence-electron chi connectivity index (χ3n) is 4.69. The molecule has 2 atom stereocenters. The number of aliphatic hydroxyl groups excluding tert-OH is 1. The van der Waals surface area contributed by atoms with Crippen LogP contribution in [-0.4, -0.2) is 23.0 Å². The van der Waals surface area contributed by atoms with Crippen molar-refractivity contribution in [2.45, 2.75) is 38.2 Å². The van der Waals surface area contributed by atoms with Gasteiger partial charge in [-0.1, -0.05) is 67.6 Å². The molecule has 0 unspecified atom stereocenters. The highest BCUT2D eigenvalue weighted by molar-refractivity contribution is 6.19. The molecule has 0 saturated carbocycles. The van der Waals surface area contributed by atoms with Crippen molar-refractivity contribution in [2.24, 2.45) is 0 Å². The highest BCUT2D eigenvalue weighted by Crippen LogP contribution is 2.28. The number of hydrogen-bond donors (Lipinski definition) is 1. The summed E-state index contributed by atoms with van der Waals surface area (Å²) in [6.07, 6.45) is 0.523. The molecule has 26 heavy (non-hydrogen) atoms. The van der Waals surface area contributed by atoms with Gasteiger partial charge >= 0.3 is 5.97 Å². The standard InChI is InChI=1S/C22H22O4/c1-15(17-10-6-3-7-11-17)14-18(23)20-21(24)19(26-22(20)25)13-12-16-8-4-2-5-9-16/h2-11,15,19,24H,12-14H2,1H3/t15-,19+/m1/s1. The van der Waals surface area contributed by atoms with Crippen LogP contribution >= 0.6 is 0 Å². The second-order valence-corrected chi connectivity index (χ2v) is 6.62. The maximum Gasteiger partial charge on any atom is 0.346 e. The van der Waals surface area contributed by atoms with E-state index in [1.54, 1.807) is 0 Å². The minimum Gasteiger partial charge on any atom is -0.507 e. The summed E-state index contributed by atoms with van der Waals surface area (Å²) < 4.78 is 5.23. The zero-order valence-electron chi connectivity index (χ0n) is 14.7. The first-order valence-corrected chi connectivity index (χ1v) is 8.82. The largest absolute Gasteiger partial charge is 0.507 e. The lowest BCUT2D eigenvalue weighted by molar-refractivity contribution is -0.141. The lowest BCUT2D eigenvalue weighted by Crippen LogP contribution is -2.14. The number of cyclic esters (lactones) is 1. The van der Waals surface area contributed by atoms with E-state index in [4.69, 9.17) is 4.74 Å². The van der Waals surface area contributed by atoms with E-state index in [0.717, 1.165) is 11.1 Å². The molecular formula is C22H22O4. The van der Waals surface area contributed by atoms with Gasteiger partial charge in [0.15, 0.2) is 17.6 Å². The Kier molecular flexibility index (Phi) is 5.52. The van der Waals surface area contributed by atoms with Gasteiger partial charge in [0, 0.05) is 6.42 Å². The van der Waals surface area contributed by atoms with E-state index >= 15 is 0 Å². The number of aliphatic hydroxyl groups is 1. The summed E-state index contributed by atoms with van der Waals surface area (Å²) in [4.78, 5) is 24.7. The van der Waals surface area contributed by atoms with Crippen molar-refractivity contribution in [2.75, 3.05) is 0 Å². The molecule has 3 rings (SSSR count). The van der Waals surface area contributed by atoms with Crippen LogP contribution in [-0.2, 0) is 20.7 Å². The van der Waals surface area contributed by atoms with Crippen LogP contribution in [0.3, 0.4) is 0 Å². The Morgan fingerprint density at radius 3 is 2.35 bits per heavy atom. The summed E-state index contributed by atoms with van der Waals surface area (Å²) in [6.45, 7) is 1.93. The van der Waals surface area contributed by atoms with Crippen LogP contribution in [0, 0.1) is 0 Å². The van der Waals surface area contributed by atoms with E-state index in [9.17, 15) is 14.7 Å². The molecule has 0 aliphatic carbocycles. The molecule has 1 aliphatic rings. The third-order valence-corrected chi connectivity index (χ3v) is 4.69. The molecule has 0 amide bonds. The molecular weight excluding hydrogens is 328 g/mol. The first-order chi connectivity index (χ1) is 12.6. The van der Waals surface area contributed by atoms with E-state index < -0.39 is 12.1 Å². The highest BCUT2D eigenvalue weighted by atomic mass is 16.6. The van der Waals surface area contributed by atoms with Gasteiger partial charge in [0.05, 0.1) is 0 Å². The molecule has 0 saturated heterocycles. The van der Waals surface area contributed by atoms with Crippen molar-refractivity contribution in [3.8, 4) is 0 Å². The second-order valence-electron chi connectivity index (χ2n) is 6.62. The maximum atomic E-state index is 12.6. The summed E-state index contributed by atoms with van der Waals surface area (Å²) in [5.74, 6) is -1.35. The predicted octanol–water partition coefficient (Wildman–Crippen LogP) is 4.12. The quantitative estimate of drug-likeness (QED) is 0.603. The molecule has 1 aliphatic heterocycles. The van der Waals surface area contributed by atoms with Crippen molar-refractivity contribution < 1.29 is 19.4 Å². The van der Waals surface area contributed by atoms with Gasteiger partial charge in [-0.25, -0.2) is 4.79 Å². The highest BCUT2D eigenvalue weighted by Gasteiger charge is 2.38. The van der Waals surface area contributed by atoms with E-state index in [1.165, 1.54) is 0 Å². The molecule has 4 nitrogen and oxygen atoms in total. The minimum absolute atomic E-state index is 0.0415. The van der Waals surface area contributed by atoms with Crippen molar-refractivity contribution in [1.82, 2.24) is 0 Å². The van der Waals surface area contributed by atoms with Crippen LogP contribution in [0.4, 0.5) is 0 Å². The lowest BCUT2D eigenvalue weighted by Gasteiger charge is -2.10. The first kappa shape index (κ1) is 17.9. The molecule has 0 bridgehead atoms. The van der Waals surface area contributed by atoms with Gasteiger partial charge in [0.25, 0.3) is 0 Å². The third kappa shape index (κ3) is 4.02. The number of ketones is 1. The fourth-order valence-electron chi connectivity index (χ4n) is 3.18. The average molecular weight is 350 g/mol. The molecule has 0 aromatic heterocycles. The topological polar surface area (TPSA) is 63.6 Å². The smallest absolute Gasteiger partial charge is 0.346 e. The predicted molar refractivity (Wildman–Crippen MR) is 98.8 cm³/mol. The van der Waals surface area contributed by atoms with Gasteiger partial charge in [-0.05, 0) is 29.9 Å². The number of rotatable bonds is 7. The van der Waals surface area contributed by atoms with Crippen molar-refractivity contribution >= 4 is 11.8 Å². The first-order valence-electron chi connectivity index (χ1n) is 8.82. The number of Topliss-reactive ketones (excluding diaryl/α,β-unsaturated/α-hetero) is 1. The van der Waals surface area contributed by atoms with Crippen molar-refractivity contribution in [3.63, 3.8) is 0 Å². The second kappa shape index (κ2) is 8.00. The van der Waals surface area contributed by atoms with E-state index in [0.29, 0.717) is 12.8 Å². The van der Waals surface area contributed by atoms with E-state index in [2.05, 4.69) is 0 Å². The molecule has 1 heterocycles. The number of aryl methyl sites for hydroxylation is 1. The summed E-state index contributed by atoms with van der Waals surface area (Å²) in [6, 6.07) is 19.4. The van der Waals surface area contributed by atoms with Gasteiger partial charge in [-0.2, -0.15) is 0 Å². The summed E-state index contributed by atoms with van der Waals surface area (Å²) in [5.41, 5.74) is 1.92. The van der Waals surface area contributed by atoms with Crippen molar-refractivity contribution in [1.29, 1.82) is 0 Å². The molecule has 1 N–H and O–H groups in total. The number of carbonyl (C=O) groups excluding carboxylic acids is 2. The molecule has 0 radical (unpaired) electrons. The summed E-state index contributed by atoms with van der Waals surface area (Å²) in [5, 5.41) is 10.4. The Labute approximate surface area is 153 Å². The lowest BCUT2D eigenvalue weighted by atomic mass is 9.92. The number of carbonyl (C=O) groups is 2. The Morgan fingerprint density at radius 1 is 1.08 bits per heavy atom. The van der Waals surface area contributed by atoms with E-state index in [-0.39, 0.29) is 29.5 Å². The number of ether oxygens (including phenoxy) is 1. The van der Waals surface area contributed by atoms with Crippen LogP contribution in [0.15, 0.2) is 72.0 Å². The Morgan fingerprint density at radius 2 is 1.69 bits per heavy atom. The Hall–Kier alpha value is -2.88. The van der Waals surface area contributed by atoms with Gasteiger partial charge in [0.1, 0.15) is 5.57 Å². The summed E-state index contributed by atoms with van der Waals surface area (Å²) >= 11 is 0. The van der Waals surface area contributed by atoms with Gasteiger partial charge < -0.3 is 9.84 Å². The van der Waals surface area contributed by atoms with Crippen molar-refractivity contribution in [3.05, 3.63) is 83.1 Å². The zero-order chi connectivity index (χ0) is 18.5. The van der Waals surface area contributed by atoms with E-state index in [1.807, 2.05) is 67.6 Å². The van der Waals surface area contributed by atoms with Gasteiger partial charge in [-0.15, -0.1) is 0 Å². The fraction of sp³-hybridized carbons (Fsp3) is 0.273. The summed E-state index contributed by atoms with van der Waals surface area (Å²) in [7, 11) is 0. The SMILES string of the molecule is C[C@H](CC(=O)C1=C(O)[C@H](CCc2ccccc2)OC1=O)c1ccccc1. The normalized spacial score (nSPS) is 17.9. The molecule has 2 aromatic rings. The van der Waals surface area contributed by atoms with Crippen LogP contribution in [0.5, 0.6) is 0 Å². The van der Waals surface area contributed by atoms with Crippen LogP contribution < -0.4 is 0 Å². The number of esters is 1. The zero-order valence-corrected chi connectivity index (χ0v) is 14.7. The van der Waals surface area contributed by atoms with Crippen LogP contribution in [0.1, 0.15) is 36.8 Å². The van der Waals surface area contributed by atoms with Crippen LogP contribution in [0.2, 0.25) is 0 Å². The minimum atomic E-state index is -0.742. The molecule has 4 heteroatoms. The monoisotopic (exact) mass is 350 g/mol. The Balaban J connectivity index is 1.66.